The summed E-state index contributed by atoms with van der Waals surface area (Å²) < 4.78 is 21.1. The van der Waals surface area contributed by atoms with Crippen molar-refractivity contribution in [2.45, 2.75) is 58.1 Å². The topological polar surface area (TPSA) is 81.3 Å². The SMILES string of the molecule is Cc1c(-c2cc3cc(N)ncc3c(Cl)c2F)cnc2c1N(C(=O)OC(C)(C)C)C1CCC21. The predicted molar refractivity (Wildman–Crippen MR) is 124 cm³/mol. The summed E-state index contributed by atoms with van der Waals surface area (Å²) in [5.74, 6) is -0.0517. The van der Waals surface area contributed by atoms with Gasteiger partial charge in [-0.1, -0.05) is 11.6 Å². The highest BCUT2D eigenvalue weighted by Gasteiger charge is 2.50. The van der Waals surface area contributed by atoms with Crippen molar-refractivity contribution in [1.82, 2.24) is 9.97 Å². The van der Waals surface area contributed by atoms with Crippen LogP contribution in [0.1, 0.15) is 50.8 Å². The minimum atomic E-state index is -0.621. The van der Waals surface area contributed by atoms with Crippen LogP contribution in [0.15, 0.2) is 24.5 Å². The Bertz CT molecular complexity index is 1290. The number of nitrogen functional groups attached to an aromatic ring is 1. The fourth-order valence-electron chi connectivity index (χ4n) is 4.71. The Balaban J connectivity index is 1.68. The number of fused-ring (bicyclic) bond motifs is 4. The number of nitrogens with zero attached hydrogens (tertiary/aromatic N) is 3. The second-order valence-corrected chi connectivity index (χ2v) is 9.89. The Morgan fingerprint density at radius 3 is 2.62 bits per heavy atom. The van der Waals surface area contributed by atoms with Crippen LogP contribution in [0, 0.1) is 12.7 Å². The zero-order chi connectivity index (χ0) is 22.9. The quantitative estimate of drug-likeness (QED) is 0.489. The second-order valence-electron chi connectivity index (χ2n) is 9.51. The second kappa shape index (κ2) is 7.04. The monoisotopic (exact) mass is 454 g/mol. The summed E-state index contributed by atoms with van der Waals surface area (Å²) in [5.41, 5.74) is 8.45. The van der Waals surface area contributed by atoms with Crippen LogP contribution in [0.2, 0.25) is 5.02 Å². The number of anilines is 2. The number of hydrogen-bond donors (Lipinski definition) is 1. The molecule has 2 aromatic heterocycles. The maximum atomic E-state index is 15.4. The minimum Gasteiger partial charge on any atom is -0.443 e. The molecular formula is C24H24ClFN4O2. The summed E-state index contributed by atoms with van der Waals surface area (Å²) in [6.07, 6.45) is 4.59. The van der Waals surface area contributed by atoms with E-state index >= 15 is 4.39 Å². The van der Waals surface area contributed by atoms with Gasteiger partial charge in [0.05, 0.1) is 16.4 Å². The Hall–Kier alpha value is -2.93. The lowest BCUT2D eigenvalue weighted by atomic mass is 9.79. The zero-order valence-corrected chi connectivity index (χ0v) is 19.1. The van der Waals surface area contributed by atoms with Gasteiger partial charge in [0, 0.05) is 40.9 Å². The van der Waals surface area contributed by atoms with E-state index in [-0.39, 0.29) is 17.0 Å². The first-order valence-electron chi connectivity index (χ1n) is 10.6. The molecular weight excluding hydrogens is 431 g/mol. The van der Waals surface area contributed by atoms with Crippen molar-refractivity contribution in [2.75, 3.05) is 10.6 Å². The average Bonchev–Trinajstić information content (AvgIpc) is 2.90. The Labute approximate surface area is 190 Å². The van der Waals surface area contributed by atoms with Crippen molar-refractivity contribution >= 4 is 40.0 Å². The molecule has 6 nitrogen and oxygen atoms in total. The molecule has 32 heavy (non-hydrogen) atoms. The summed E-state index contributed by atoms with van der Waals surface area (Å²) in [7, 11) is 0. The van der Waals surface area contributed by atoms with Gasteiger partial charge in [-0.05, 0) is 63.6 Å². The van der Waals surface area contributed by atoms with E-state index < -0.39 is 17.5 Å². The number of carbonyl (C=O) groups excluding carboxylic acids is 1. The van der Waals surface area contributed by atoms with Crippen LogP contribution in [0.25, 0.3) is 21.9 Å². The van der Waals surface area contributed by atoms with E-state index in [0.29, 0.717) is 33.4 Å². The van der Waals surface area contributed by atoms with E-state index in [2.05, 4.69) is 9.97 Å². The molecule has 2 atom stereocenters. The van der Waals surface area contributed by atoms with Gasteiger partial charge in [0.25, 0.3) is 0 Å². The molecule has 8 heteroatoms. The van der Waals surface area contributed by atoms with Crippen molar-refractivity contribution in [3.05, 3.63) is 46.6 Å². The van der Waals surface area contributed by atoms with Gasteiger partial charge in [-0.3, -0.25) is 9.88 Å². The van der Waals surface area contributed by atoms with Crippen LogP contribution < -0.4 is 10.6 Å². The van der Waals surface area contributed by atoms with Gasteiger partial charge in [-0.25, -0.2) is 14.2 Å². The summed E-state index contributed by atoms with van der Waals surface area (Å²) in [4.78, 5) is 23.5. The number of amides is 1. The minimum absolute atomic E-state index is 0.0195. The molecule has 2 unspecified atom stereocenters. The third-order valence-electron chi connectivity index (χ3n) is 6.30. The van der Waals surface area contributed by atoms with Crippen molar-refractivity contribution < 1.29 is 13.9 Å². The predicted octanol–water partition coefficient (Wildman–Crippen LogP) is 5.98. The molecule has 0 spiro atoms. The van der Waals surface area contributed by atoms with Crippen molar-refractivity contribution in [1.29, 1.82) is 0 Å². The van der Waals surface area contributed by atoms with Gasteiger partial charge in [0.1, 0.15) is 17.2 Å². The number of pyridine rings is 2. The lowest BCUT2D eigenvalue weighted by molar-refractivity contribution is 0.0551. The average molecular weight is 455 g/mol. The first-order chi connectivity index (χ1) is 15.1. The van der Waals surface area contributed by atoms with Crippen LogP contribution in [0.5, 0.6) is 0 Å². The maximum Gasteiger partial charge on any atom is 0.415 e. The summed E-state index contributed by atoms with van der Waals surface area (Å²) >= 11 is 6.35. The number of rotatable bonds is 1. The van der Waals surface area contributed by atoms with E-state index in [1.54, 1.807) is 23.2 Å². The third kappa shape index (κ3) is 3.10. The standard InChI is InChI=1S/C24H24ClFN4O2/c1-11-15(14-7-12-8-18(27)28-10-16(12)19(25)20(14)26)9-29-21-13-5-6-17(13)30(22(11)21)23(31)32-24(2,3)4/h7-10,13,17H,5-6H2,1-4H3,(H2,27,28). The van der Waals surface area contributed by atoms with E-state index in [4.69, 9.17) is 22.1 Å². The van der Waals surface area contributed by atoms with Crippen LogP contribution in [-0.4, -0.2) is 27.7 Å². The molecule has 2 N–H and O–H groups in total. The van der Waals surface area contributed by atoms with Gasteiger partial charge in [-0.2, -0.15) is 0 Å². The molecule has 5 rings (SSSR count). The summed E-state index contributed by atoms with van der Waals surface area (Å²) in [6.45, 7) is 7.41. The number of benzene rings is 1. The highest BCUT2D eigenvalue weighted by Crippen LogP contribution is 2.53. The Kier molecular flexibility index (Phi) is 4.60. The number of nitrogens with two attached hydrogens (primary N) is 1. The van der Waals surface area contributed by atoms with Crippen molar-refractivity contribution in [3.63, 3.8) is 0 Å². The highest BCUT2D eigenvalue weighted by atomic mass is 35.5. The molecule has 0 radical (unpaired) electrons. The van der Waals surface area contributed by atoms with Crippen LogP contribution in [0.3, 0.4) is 0 Å². The third-order valence-corrected chi connectivity index (χ3v) is 6.67. The summed E-state index contributed by atoms with van der Waals surface area (Å²) in [5, 5.41) is 1.15. The molecule has 1 saturated carbocycles. The van der Waals surface area contributed by atoms with Gasteiger partial charge in [0.2, 0.25) is 0 Å². The summed E-state index contributed by atoms with van der Waals surface area (Å²) in [6, 6.07) is 3.39. The zero-order valence-electron chi connectivity index (χ0n) is 18.4. The van der Waals surface area contributed by atoms with Gasteiger partial charge in [-0.15, -0.1) is 0 Å². The lowest BCUT2D eigenvalue weighted by Gasteiger charge is -2.36. The molecule has 3 aromatic rings. The van der Waals surface area contributed by atoms with E-state index in [1.165, 1.54) is 6.20 Å². The van der Waals surface area contributed by atoms with E-state index in [0.717, 1.165) is 24.1 Å². The number of aromatic nitrogens is 2. The van der Waals surface area contributed by atoms with Gasteiger partial charge >= 0.3 is 6.09 Å². The molecule has 2 aliphatic rings. The fourth-order valence-corrected chi connectivity index (χ4v) is 4.97. The number of carbonyl (C=O) groups is 1. The number of hydrogen-bond acceptors (Lipinski definition) is 5. The first kappa shape index (κ1) is 20.9. The van der Waals surface area contributed by atoms with Crippen LogP contribution in [0.4, 0.5) is 20.7 Å². The number of ether oxygens (including phenoxy) is 1. The molecule has 1 amide bonds. The van der Waals surface area contributed by atoms with E-state index in [1.807, 2.05) is 27.7 Å². The first-order valence-corrected chi connectivity index (χ1v) is 11.0. The van der Waals surface area contributed by atoms with Gasteiger partial charge in [0.15, 0.2) is 0 Å². The molecule has 0 saturated heterocycles. The normalized spacial score (nSPS) is 19.5. The molecule has 166 valence electrons. The maximum absolute atomic E-state index is 15.4. The molecule has 1 fully saturated rings. The molecule has 1 aromatic carbocycles. The van der Waals surface area contributed by atoms with Crippen molar-refractivity contribution in [3.8, 4) is 11.1 Å². The lowest BCUT2D eigenvalue weighted by Crippen LogP contribution is -2.46. The molecule has 1 aliphatic heterocycles. The Morgan fingerprint density at radius 2 is 1.97 bits per heavy atom. The molecule has 3 heterocycles. The smallest absolute Gasteiger partial charge is 0.415 e. The van der Waals surface area contributed by atoms with Crippen LogP contribution >= 0.6 is 11.6 Å². The number of halogens is 2. The largest absolute Gasteiger partial charge is 0.443 e. The fraction of sp³-hybridized carbons (Fsp3) is 0.375. The molecule has 0 bridgehead atoms. The Morgan fingerprint density at radius 1 is 1.22 bits per heavy atom. The molecule has 1 aliphatic carbocycles. The van der Waals surface area contributed by atoms with E-state index in [9.17, 15) is 4.79 Å². The van der Waals surface area contributed by atoms with Crippen LogP contribution in [-0.2, 0) is 4.74 Å². The highest BCUT2D eigenvalue weighted by molar-refractivity contribution is 6.36. The van der Waals surface area contributed by atoms with Crippen molar-refractivity contribution in [2.24, 2.45) is 0 Å². The van der Waals surface area contributed by atoms with Gasteiger partial charge < -0.3 is 10.5 Å².